The van der Waals surface area contributed by atoms with Crippen LogP contribution < -0.4 is 15.4 Å². The Morgan fingerprint density at radius 3 is 2.45 bits per heavy atom. The van der Waals surface area contributed by atoms with Crippen molar-refractivity contribution in [1.82, 2.24) is 15.4 Å². The van der Waals surface area contributed by atoms with Crippen LogP contribution in [0.5, 0.6) is 5.75 Å². The first kappa shape index (κ1) is 35.0. The molecule has 0 saturated heterocycles. The lowest BCUT2D eigenvalue weighted by Gasteiger charge is -2.14. The summed E-state index contributed by atoms with van der Waals surface area (Å²) in [6, 6.07) is 10.7. The molecule has 0 fully saturated rings. The zero-order valence-electron chi connectivity index (χ0n) is 24.6. The van der Waals surface area contributed by atoms with E-state index < -0.39 is 28.1 Å². The maximum Gasteiger partial charge on any atom is 0.328 e. The number of phenolic OH excluding ortho intramolecular Hbond substituents is 1. The molecule has 2 aromatic carbocycles. The molecule has 0 radical (unpaired) electrons. The normalized spacial score (nSPS) is 12.1. The minimum atomic E-state index is -3.90. The number of nitrogens with one attached hydrogen (secondary N) is 3. The number of carbonyl (C=O) groups excluding carboxylic acids is 2. The number of amides is 2. The number of unbranched alkanes of at least 4 members (excludes halogenated alkanes) is 4. The third-order valence-corrected chi connectivity index (χ3v) is 7.76. The molecule has 0 unspecified atom stereocenters. The number of hydrogen-bond donors (Lipinski definition) is 5. The Morgan fingerprint density at radius 2 is 1.71 bits per heavy atom. The van der Waals surface area contributed by atoms with Crippen LogP contribution in [0.15, 0.2) is 47.4 Å². The first-order valence-corrected chi connectivity index (χ1v) is 15.9. The molecular weight excluding hydrogens is 562 g/mol. The maximum absolute atomic E-state index is 12.4. The summed E-state index contributed by atoms with van der Waals surface area (Å²) in [4.78, 5) is 22.7. The summed E-state index contributed by atoms with van der Waals surface area (Å²) in [5.74, 6) is -0.412. The quantitative estimate of drug-likeness (QED) is 0.112. The highest BCUT2D eigenvalue weighted by atomic mass is 32.2. The Morgan fingerprint density at radius 1 is 0.976 bits per heavy atom. The molecular formula is C30H45N3O8S. The van der Waals surface area contributed by atoms with Gasteiger partial charge in [-0.3, -0.25) is 4.79 Å². The number of carbonyl (C=O) groups is 2. The van der Waals surface area contributed by atoms with Crippen LogP contribution in [0.1, 0.15) is 75.2 Å². The first-order chi connectivity index (χ1) is 20.1. The lowest BCUT2D eigenvalue weighted by atomic mass is 10.1. The van der Waals surface area contributed by atoms with Crippen LogP contribution in [0.25, 0.3) is 0 Å². The zero-order chi connectivity index (χ0) is 30.8. The van der Waals surface area contributed by atoms with Gasteiger partial charge in [0.15, 0.2) is 0 Å². The topological polar surface area (TPSA) is 163 Å². The van der Waals surface area contributed by atoms with Gasteiger partial charge in [0.25, 0.3) is 10.0 Å². The SMILES string of the molecule is CCNC(=O)NS(=O)(=O)c1cccc(CCCCOCCCCCCNC[C@H](O)c2ccc(O)c(COC(C)=O)c2)c1. The minimum absolute atomic E-state index is 0.0226. The van der Waals surface area contributed by atoms with Crippen LogP contribution in [-0.4, -0.2) is 63.5 Å². The number of aromatic hydroxyl groups is 1. The highest BCUT2D eigenvalue weighted by Gasteiger charge is 2.17. The minimum Gasteiger partial charge on any atom is -0.508 e. The lowest BCUT2D eigenvalue weighted by Crippen LogP contribution is -2.39. The van der Waals surface area contributed by atoms with Crippen molar-refractivity contribution >= 4 is 22.0 Å². The molecule has 0 spiro atoms. The van der Waals surface area contributed by atoms with Crippen molar-refractivity contribution in [3.63, 3.8) is 0 Å². The van der Waals surface area contributed by atoms with E-state index in [1.807, 2.05) is 10.8 Å². The summed E-state index contributed by atoms with van der Waals surface area (Å²) in [6.07, 6.45) is 5.77. The van der Waals surface area contributed by atoms with Gasteiger partial charge in [-0.05, 0) is 81.0 Å². The van der Waals surface area contributed by atoms with Crippen molar-refractivity contribution < 1.29 is 37.7 Å². The van der Waals surface area contributed by atoms with Gasteiger partial charge in [0.05, 0.1) is 11.0 Å². The van der Waals surface area contributed by atoms with Crippen LogP contribution in [0.2, 0.25) is 0 Å². The van der Waals surface area contributed by atoms with E-state index in [1.165, 1.54) is 19.1 Å². The molecule has 0 aliphatic heterocycles. The zero-order valence-corrected chi connectivity index (χ0v) is 25.4. The van der Waals surface area contributed by atoms with Crippen molar-refractivity contribution in [2.24, 2.45) is 0 Å². The highest BCUT2D eigenvalue weighted by molar-refractivity contribution is 7.90. The lowest BCUT2D eigenvalue weighted by molar-refractivity contribution is -0.142. The van der Waals surface area contributed by atoms with Gasteiger partial charge in [0.1, 0.15) is 12.4 Å². The van der Waals surface area contributed by atoms with Crippen LogP contribution in [0, 0.1) is 0 Å². The number of rotatable bonds is 20. The second-order valence-electron chi connectivity index (χ2n) is 9.98. The number of ether oxygens (including phenoxy) is 2. The van der Waals surface area contributed by atoms with Crippen LogP contribution in [-0.2, 0) is 37.3 Å². The standard InChI is InChI=1S/C30H45N3O8S/c1-3-32-30(37)33-42(38,39)27-13-10-12-24(19-27)11-6-9-18-40-17-8-5-4-7-16-31-21-29(36)25-14-15-28(35)26(20-25)22-41-23(2)34/h10,12-15,19-20,29,31,35-36H,3-9,11,16-18,21-22H2,1-2H3,(H2,32,33,37)/t29-/m0/s1. The van der Waals surface area contributed by atoms with Crippen molar-refractivity contribution in [3.8, 4) is 5.75 Å². The van der Waals surface area contributed by atoms with E-state index in [4.69, 9.17) is 9.47 Å². The number of aliphatic hydroxyl groups is 1. The molecule has 0 aliphatic carbocycles. The molecule has 234 valence electrons. The van der Waals surface area contributed by atoms with Crippen molar-refractivity contribution in [2.75, 3.05) is 32.8 Å². The van der Waals surface area contributed by atoms with Gasteiger partial charge >= 0.3 is 12.0 Å². The summed E-state index contributed by atoms with van der Waals surface area (Å²) in [7, 11) is -3.90. The van der Waals surface area contributed by atoms with Crippen LogP contribution in [0.3, 0.4) is 0 Å². The average Bonchev–Trinajstić information content (AvgIpc) is 2.95. The summed E-state index contributed by atoms with van der Waals surface area (Å²) in [5, 5.41) is 26.0. The monoisotopic (exact) mass is 607 g/mol. The molecule has 2 amide bonds. The van der Waals surface area contributed by atoms with Crippen molar-refractivity contribution in [1.29, 1.82) is 0 Å². The molecule has 0 saturated carbocycles. The predicted octanol–water partition coefficient (Wildman–Crippen LogP) is 3.69. The van der Waals surface area contributed by atoms with E-state index >= 15 is 0 Å². The predicted molar refractivity (Wildman–Crippen MR) is 159 cm³/mol. The van der Waals surface area contributed by atoms with Gasteiger partial charge in [-0.15, -0.1) is 0 Å². The number of aliphatic hydroxyl groups excluding tert-OH is 1. The summed E-state index contributed by atoms with van der Waals surface area (Å²) < 4.78 is 37.4. The van der Waals surface area contributed by atoms with Crippen LogP contribution in [0.4, 0.5) is 4.79 Å². The number of aryl methyl sites for hydroxylation is 1. The van der Waals surface area contributed by atoms with Gasteiger partial charge in [-0.1, -0.05) is 31.0 Å². The van der Waals surface area contributed by atoms with Gasteiger partial charge in [-0.2, -0.15) is 0 Å². The molecule has 12 heteroatoms. The van der Waals surface area contributed by atoms with Gasteiger partial charge < -0.3 is 30.3 Å². The number of sulfonamides is 1. The van der Waals surface area contributed by atoms with E-state index in [-0.39, 0.29) is 17.3 Å². The number of benzene rings is 2. The number of hydrogen-bond acceptors (Lipinski definition) is 9. The first-order valence-electron chi connectivity index (χ1n) is 14.4. The summed E-state index contributed by atoms with van der Waals surface area (Å²) in [6.45, 7) is 5.81. The molecule has 2 aromatic rings. The Labute approximate surface area is 249 Å². The van der Waals surface area contributed by atoms with E-state index in [0.717, 1.165) is 57.1 Å². The number of esters is 1. The second-order valence-corrected chi connectivity index (χ2v) is 11.7. The summed E-state index contributed by atoms with van der Waals surface area (Å²) in [5.41, 5.74) is 1.99. The molecule has 42 heavy (non-hydrogen) atoms. The Kier molecular flexibility index (Phi) is 15.9. The van der Waals surface area contributed by atoms with Gasteiger partial charge in [-0.25, -0.2) is 17.9 Å². The van der Waals surface area contributed by atoms with Crippen molar-refractivity contribution in [3.05, 3.63) is 59.2 Å². The fourth-order valence-electron chi connectivity index (χ4n) is 4.15. The average molecular weight is 608 g/mol. The third-order valence-electron chi connectivity index (χ3n) is 6.43. The maximum atomic E-state index is 12.4. The molecule has 2 rings (SSSR count). The molecule has 0 aromatic heterocycles. The van der Waals surface area contributed by atoms with Gasteiger partial charge in [0.2, 0.25) is 0 Å². The van der Waals surface area contributed by atoms with Gasteiger partial charge in [0, 0.05) is 38.8 Å². The summed E-state index contributed by atoms with van der Waals surface area (Å²) >= 11 is 0. The Hall–Kier alpha value is -3.19. The second kappa shape index (κ2) is 19.1. The van der Waals surface area contributed by atoms with E-state index in [9.17, 15) is 28.2 Å². The fraction of sp³-hybridized carbons (Fsp3) is 0.533. The Balaban J connectivity index is 1.50. The molecule has 0 heterocycles. The van der Waals surface area contributed by atoms with E-state index in [0.29, 0.717) is 37.4 Å². The third kappa shape index (κ3) is 13.6. The van der Waals surface area contributed by atoms with E-state index in [2.05, 4.69) is 10.6 Å². The molecule has 0 bridgehead atoms. The molecule has 5 N–H and O–H groups in total. The molecule has 0 aliphatic rings. The fourth-order valence-corrected chi connectivity index (χ4v) is 5.15. The number of phenols is 1. The van der Waals surface area contributed by atoms with Crippen LogP contribution >= 0.6 is 0 Å². The Bertz CT molecular complexity index is 1220. The molecule has 11 nitrogen and oxygen atoms in total. The highest BCUT2D eigenvalue weighted by Crippen LogP contribution is 2.23. The smallest absolute Gasteiger partial charge is 0.328 e. The largest absolute Gasteiger partial charge is 0.508 e. The van der Waals surface area contributed by atoms with Crippen molar-refractivity contribution in [2.45, 2.75) is 76.4 Å². The van der Waals surface area contributed by atoms with E-state index in [1.54, 1.807) is 31.2 Å². The molecule has 1 atom stereocenters. The number of urea groups is 1.